The van der Waals surface area contributed by atoms with Crippen molar-refractivity contribution in [3.63, 3.8) is 0 Å². The van der Waals surface area contributed by atoms with Crippen LogP contribution in [0.3, 0.4) is 0 Å². The van der Waals surface area contributed by atoms with Crippen molar-refractivity contribution in [3.05, 3.63) is 33.8 Å². The first-order chi connectivity index (χ1) is 9.85. The average molecular weight is 363 g/mol. The highest BCUT2D eigenvalue weighted by molar-refractivity contribution is 9.10. The Bertz CT molecular complexity index is 515. The molecule has 0 aliphatic carbocycles. The number of carbonyl (C=O) groups is 2. The number of hydrogen-bond acceptors (Lipinski definition) is 2. The number of halogens is 3. The fourth-order valence-corrected chi connectivity index (χ4v) is 1.99. The smallest absolute Gasteiger partial charge is 0.257 e. The van der Waals surface area contributed by atoms with Crippen LogP contribution in [0.5, 0.6) is 0 Å². The lowest BCUT2D eigenvalue weighted by Crippen LogP contribution is -2.35. The normalized spacial score (nSPS) is 11.9. The van der Waals surface area contributed by atoms with E-state index in [1.165, 1.54) is 0 Å². The van der Waals surface area contributed by atoms with E-state index in [0.29, 0.717) is 0 Å². The van der Waals surface area contributed by atoms with Gasteiger partial charge in [-0.2, -0.15) is 0 Å². The molecule has 116 valence electrons. The largest absolute Gasteiger partial charge is 0.354 e. The van der Waals surface area contributed by atoms with E-state index >= 15 is 0 Å². The van der Waals surface area contributed by atoms with Gasteiger partial charge in [-0.15, -0.1) is 0 Å². The van der Waals surface area contributed by atoms with Gasteiger partial charge in [0.15, 0.2) is 0 Å². The van der Waals surface area contributed by atoms with Crippen molar-refractivity contribution in [1.82, 2.24) is 10.6 Å². The number of benzene rings is 1. The van der Waals surface area contributed by atoms with E-state index in [1.807, 2.05) is 13.8 Å². The summed E-state index contributed by atoms with van der Waals surface area (Å²) in [5, 5.41) is 5.06. The zero-order valence-electron chi connectivity index (χ0n) is 11.8. The topological polar surface area (TPSA) is 58.2 Å². The van der Waals surface area contributed by atoms with Crippen molar-refractivity contribution in [2.75, 3.05) is 6.54 Å². The minimum absolute atomic E-state index is 0.00997. The Kier molecular flexibility index (Phi) is 6.74. The SMILES string of the molecule is CCC(C)NC(=O)CCNC(=O)c1c(F)cc(Br)cc1F. The highest BCUT2D eigenvalue weighted by atomic mass is 79.9. The van der Waals surface area contributed by atoms with E-state index in [4.69, 9.17) is 0 Å². The second-order valence-electron chi connectivity index (χ2n) is 4.63. The first kappa shape index (κ1) is 17.6. The van der Waals surface area contributed by atoms with Gasteiger partial charge in [-0.25, -0.2) is 8.78 Å². The zero-order valence-corrected chi connectivity index (χ0v) is 13.4. The molecule has 0 heterocycles. The molecule has 2 amide bonds. The summed E-state index contributed by atoms with van der Waals surface area (Å²) in [4.78, 5) is 23.2. The molecule has 1 rings (SSSR count). The van der Waals surface area contributed by atoms with Crippen LogP contribution < -0.4 is 10.6 Å². The Balaban J connectivity index is 2.54. The number of carbonyl (C=O) groups excluding carboxylic acids is 2. The summed E-state index contributed by atoms with van der Waals surface area (Å²) in [7, 11) is 0. The van der Waals surface area contributed by atoms with Crippen molar-refractivity contribution < 1.29 is 18.4 Å². The summed E-state index contributed by atoms with van der Waals surface area (Å²) < 4.78 is 27.3. The molecule has 1 unspecified atom stereocenters. The van der Waals surface area contributed by atoms with Gasteiger partial charge < -0.3 is 10.6 Å². The lowest BCUT2D eigenvalue weighted by molar-refractivity contribution is -0.121. The molecule has 7 heteroatoms. The summed E-state index contributed by atoms with van der Waals surface area (Å²) in [5.41, 5.74) is -0.652. The molecule has 21 heavy (non-hydrogen) atoms. The van der Waals surface area contributed by atoms with Crippen LogP contribution in [-0.2, 0) is 4.79 Å². The van der Waals surface area contributed by atoms with E-state index < -0.39 is 23.1 Å². The fraction of sp³-hybridized carbons (Fsp3) is 0.429. The van der Waals surface area contributed by atoms with Crippen LogP contribution in [0.25, 0.3) is 0 Å². The summed E-state index contributed by atoms with van der Waals surface area (Å²) in [6.07, 6.45) is 0.850. The molecule has 0 radical (unpaired) electrons. The predicted octanol–water partition coefficient (Wildman–Crippen LogP) is 2.76. The standard InChI is InChI=1S/C14H17BrF2N2O2/c1-3-8(2)19-12(20)4-5-18-14(21)13-10(16)6-9(15)7-11(13)17/h6-8H,3-5H2,1-2H3,(H,18,21)(H,19,20). The van der Waals surface area contributed by atoms with Crippen LogP contribution in [0, 0.1) is 11.6 Å². The zero-order chi connectivity index (χ0) is 16.0. The second kappa shape index (κ2) is 8.07. The maximum atomic E-state index is 13.6. The molecular formula is C14H17BrF2N2O2. The molecule has 0 aliphatic heterocycles. The number of nitrogens with one attached hydrogen (secondary N) is 2. The fourth-order valence-electron chi connectivity index (χ4n) is 1.59. The van der Waals surface area contributed by atoms with Gasteiger partial charge in [0.1, 0.15) is 17.2 Å². The number of hydrogen-bond donors (Lipinski definition) is 2. The lowest BCUT2D eigenvalue weighted by Gasteiger charge is -2.12. The van der Waals surface area contributed by atoms with Gasteiger partial charge in [-0.1, -0.05) is 22.9 Å². The molecule has 4 nitrogen and oxygen atoms in total. The van der Waals surface area contributed by atoms with Crippen molar-refractivity contribution in [2.24, 2.45) is 0 Å². The molecule has 0 fully saturated rings. The summed E-state index contributed by atoms with van der Waals surface area (Å²) in [6.45, 7) is 3.81. The third-order valence-electron chi connectivity index (χ3n) is 2.89. The molecule has 0 spiro atoms. The van der Waals surface area contributed by atoms with Crippen LogP contribution in [-0.4, -0.2) is 24.4 Å². The summed E-state index contributed by atoms with van der Waals surface area (Å²) in [5.74, 6) is -3.01. The summed E-state index contributed by atoms with van der Waals surface area (Å²) >= 11 is 2.93. The van der Waals surface area contributed by atoms with Crippen LogP contribution in [0.15, 0.2) is 16.6 Å². The van der Waals surface area contributed by atoms with E-state index in [0.717, 1.165) is 18.6 Å². The molecule has 0 aliphatic rings. The molecule has 0 saturated carbocycles. The van der Waals surface area contributed by atoms with E-state index in [9.17, 15) is 18.4 Å². The molecule has 1 aromatic carbocycles. The van der Waals surface area contributed by atoms with Crippen molar-refractivity contribution in [2.45, 2.75) is 32.7 Å². The molecule has 0 saturated heterocycles. The van der Waals surface area contributed by atoms with Crippen LogP contribution in [0.2, 0.25) is 0 Å². The highest BCUT2D eigenvalue weighted by Gasteiger charge is 2.18. The monoisotopic (exact) mass is 362 g/mol. The Morgan fingerprint density at radius 1 is 1.29 bits per heavy atom. The van der Waals surface area contributed by atoms with Crippen LogP contribution in [0.1, 0.15) is 37.0 Å². The minimum Gasteiger partial charge on any atom is -0.354 e. The van der Waals surface area contributed by atoms with Gasteiger partial charge in [0, 0.05) is 23.5 Å². The number of rotatable bonds is 6. The first-order valence-corrected chi connectivity index (χ1v) is 7.36. The minimum atomic E-state index is -0.955. The van der Waals surface area contributed by atoms with Crippen LogP contribution in [0.4, 0.5) is 8.78 Å². The highest BCUT2D eigenvalue weighted by Crippen LogP contribution is 2.19. The third kappa shape index (κ3) is 5.41. The van der Waals surface area contributed by atoms with E-state index in [2.05, 4.69) is 26.6 Å². The Morgan fingerprint density at radius 2 is 1.86 bits per heavy atom. The molecule has 0 bridgehead atoms. The molecule has 1 aromatic rings. The van der Waals surface area contributed by atoms with E-state index in [-0.39, 0.29) is 29.4 Å². The molecule has 2 N–H and O–H groups in total. The maximum Gasteiger partial charge on any atom is 0.257 e. The molecular weight excluding hydrogens is 346 g/mol. The van der Waals surface area contributed by atoms with Gasteiger partial charge in [-0.05, 0) is 25.5 Å². The molecule has 1 atom stereocenters. The van der Waals surface area contributed by atoms with Gasteiger partial charge >= 0.3 is 0 Å². The Morgan fingerprint density at radius 3 is 2.38 bits per heavy atom. The maximum absolute atomic E-state index is 13.6. The molecule has 0 aromatic heterocycles. The Labute approximate surface area is 130 Å². The van der Waals surface area contributed by atoms with Crippen LogP contribution >= 0.6 is 15.9 Å². The van der Waals surface area contributed by atoms with Crippen molar-refractivity contribution in [1.29, 1.82) is 0 Å². The second-order valence-corrected chi connectivity index (χ2v) is 5.54. The lowest BCUT2D eigenvalue weighted by atomic mass is 10.2. The average Bonchev–Trinajstić information content (AvgIpc) is 2.37. The van der Waals surface area contributed by atoms with Gasteiger partial charge in [0.05, 0.1) is 0 Å². The van der Waals surface area contributed by atoms with Gasteiger partial charge in [-0.3, -0.25) is 9.59 Å². The quantitative estimate of drug-likeness (QED) is 0.817. The van der Waals surface area contributed by atoms with Crippen molar-refractivity contribution >= 4 is 27.7 Å². The summed E-state index contributed by atoms with van der Waals surface area (Å²) in [6, 6.07) is 2.07. The predicted molar refractivity (Wildman–Crippen MR) is 78.9 cm³/mol. The van der Waals surface area contributed by atoms with Crippen molar-refractivity contribution in [3.8, 4) is 0 Å². The first-order valence-electron chi connectivity index (χ1n) is 6.57. The number of amides is 2. The van der Waals surface area contributed by atoms with E-state index in [1.54, 1.807) is 0 Å². The van der Waals surface area contributed by atoms with Gasteiger partial charge in [0.2, 0.25) is 5.91 Å². The van der Waals surface area contributed by atoms with Gasteiger partial charge in [0.25, 0.3) is 5.91 Å². The third-order valence-corrected chi connectivity index (χ3v) is 3.35. The Hall–Kier alpha value is -1.50.